The Morgan fingerprint density at radius 3 is 2.66 bits per heavy atom. The Morgan fingerprint density at radius 1 is 1.34 bits per heavy atom. The summed E-state index contributed by atoms with van der Waals surface area (Å²) in [6.45, 7) is 2.25. The summed E-state index contributed by atoms with van der Waals surface area (Å²) in [4.78, 5) is 27.0. The van der Waals surface area contributed by atoms with Crippen LogP contribution in [0.1, 0.15) is 29.2 Å². The van der Waals surface area contributed by atoms with E-state index in [1.54, 1.807) is 6.92 Å². The first-order valence-corrected chi connectivity index (χ1v) is 9.38. The van der Waals surface area contributed by atoms with E-state index in [9.17, 15) is 24.9 Å². The van der Waals surface area contributed by atoms with Crippen molar-refractivity contribution in [3.8, 4) is 11.5 Å². The fourth-order valence-corrected chi connectivity index (χ4v) is 4.03. The second-order valence-electron chi connectivity index (χ2n) is 7.81. The van der Waals surface area contributed by atoms with Crippen molar-refractivity contribution in [1.82, 2.24) is 9.80 Å². The molecule has 9 heteroatoms. The highest BCUT2D eigenvalue weighted by Gasteiger charge is 2.34. The van der Waals surface area contributed by atoms with Crippen molar-refractivity contribution in [3.63, 3.8) is 0 Å². The molecule has 1 aromatic heterocycles. The molecule has 1 saturated heterocycles. The minimum absolute atomic E-state index is 0.0403. The molecule has 0 bridgehead atoms. The molecule has 2 atom stereocenters. The van der Waals surface area contributed by atoms with Crippen molar-refractivity contribution in [2.75, 3.05) is 33.7 Å². The predicted molar refractivity (Wildman–Crippen MR) is 105 cm³/mol. The second-order valence-corrected chi connectivity index (χ2v) is 7.81. The number of likely N-dealkylation sites (tertiary alicyclic amines) is 1. The highest BCUT2D eigenvalue weighted by Crippen LogP contribution is 2.45. The summed E-state index contributed by atoms with van der Waals surface area (Å²) in [6.07, 6.45) is -0.282. The van der Waals surface area contributed by atoms with Crippen molar-refractivity contribution >= 4 is 16.9 Å². The summed E-state index contributed by atoms with van der Waals surface area (Å²) in [6, 6.07) is 1.25. The van der Waals surface area contributed by atoms with E-state index in [1.807, 2.05) is 11.9 Å². The van der Waals surface area contributed by atoms with Crippen LogP contribution in [0.4, 0.5) is 0 Å². The molecule has 3 rings (SSSR count). The molecule has 0 radical (unpaired) electrons. The van der Waals surface area contributed by atoms with Crippen molar-refractivity contribution in [3.05, 3.63) is 33.2 Å². The molecule has 158 valence electrons. The maximum absolute atomic E-state index is 12.6. The van der Waals surface area contributed by atoms with Crippen LogP contribution >= 0.6 is 0 Å². The van der Waals surface area contributed by atoms with Crippen molar-refractivity contribution in [2.24, 2.45) is 0 Å². The van der Waals surface area contributed by atoms with Crippen LogP contribution in [0.15, 0.2) is 15.3 Å². The third kappa shape index (κ3) is 4.07. The number of aliphatic carboxylic acids is 1. The maximum Gasteiger partial charge on any atom is 0.317 e. The monoisotopic (exact) mass is 406 g/mol. The lowest BCUT2D eigenvalue weighted by Crippen LogP contribution is -2.40. The van der Waals surface area contributed by atoms with Gasteiger partial charge in [-0.05, 0) is 34.0 Å². The normalized spacial score (nSPS) is 20.4. The van der Waals surface area contributed by atoms with Crippen LogP contribution in [-0.4, -0.2) is 76.0 Å². The minimum atomic E-state index is -1.06. The van der Waals surface area contributed by atoms with Gasteiger partial charge in [0.2, 0.25) is 0 Å². The van der Waals surface area contributed by atoms with E-state index in [1.165, 1.54) is 18.0 Å². The standard InChI is InChI=1S/C20H26N2O7/c1-10-6-13(23)17-19(28)12(7-22(3)9-15(25)26)18(27)16(20(17)29-10)11-4-5-21(2)8-14(11)24/h6,11,14,24,27-28H,4-5,7-9H2,1-3H3,(H,25,26). The van der Waals surface area contributed by atoms with E-state index < -0.39 is 29.2 Å². The van der Waals surface area contributed by atoms with E-state index in [-0.39, 0.29) is 40.9 Å². The number of likely N-dealkylation sites (N-methyl/N-ethyl adjacent to an activating group) is 2. The van der Waals surface area contributed by atoms with Gasteiger partial charge in [0, 0.05) is 30.6 Å². The van der Waals surface area contributed by atoms with Gasteiger partial charge in [-0.1, -0.05) is 0 Å². The average Bonchev–Trinajstić information content (AvgIpc) is 2.59. The third-order valence-corrected chi connectivity index (χ3v) is 5.37. The van der Waals surface area contributed by atoms with E-state index in [0.717, 1.165) is 0 Å². The number of aliphatic hydroxyl groups is 1. The van der Waals surface area contributed by atoms with Crippen LogP contribution in [0.3, 0.4) is 0 Å². The number of phenols is 2. The van der Waals surface area contributed by atoms with Crippen LogP contribution in [0.5, 0.6) is 11.5 Å². The topological polar surface area (TPSA) is 135 Å². The molecule has 1 aliphatic rings. The average molecular weight is 406 g/mol. The molecule has 2 heterocycles. The second kappa shape index (κ2) is 8.02. The number of carboxylic acids is 1. The van der Waals surface area contributed by atoms with Crippen LogP contribution in [0.25, 0.3) is 11.0 Å². The molecule has 0 amide bonds. The van der Waals surface area contributed by atoms with E-state index in [2.05, 4.69) is 0 Å². The quantitative estimate of drug-likeness (QED) is 0.569. The van der Waals surface area contributed by atoms with Gasteiger partial charge in [0.15, 0.2) is 5.43 Å². The van der Waals surface area contributed by atoms with Crippen LogP contribution in [-0.2, 0) is 11.3 Å². The Hall–Kier alpha value is -2.62. The summed E-state index contributed by atoms with van der Waals surface area (Å²) in [5.41, 5.74) is -0.0910. The number of hydrogen-bond acceptors (Lipinski definition) is 8. The van der Waals surface area contributed by atoms with E-state index in [4.69, 9.17) is 9.52 Å². The number of fused-ring (bicyclic) bond motifs is 1. The first-order chi connectivity index (χ1) is 13.6. The zero-order chi connectivity index (χ0) is 21.5. The molecule has 0 spiro atoms. The first-order valence-electron chi connectivity index (χ1n) is 9.38. The minimum Gasteiger partial charge on any atom is -0.507 e. The summed E-state index contributed by atoms with van der Waals surface area (Å²) in [5, 5.41) is 41.4. The van der Waals surface area contributed by atoms with Crippen LogP contribution in [0, 0.1) is 6.92 Å². The third-order valence-electron chi connectivity index (χ3n) is 5.37. The van der Waals surface area contributed by atoms with Gasteiger partial charge >= 0.3 is 5.97 Å². The number of rotatable bonds is 5. The molecule has 1 fully saturated rings. The van der Waals surface area contributed by atoms with Crippen molar-refractivity contribution in [2.45, 2.75) is 31.9 Å². The van der Waals surface area contributed by atoms with Gasteiger partial charge in [0.05, 0.1) is 18.2 Å². The summed E-state index contributed by atoms with van der Waals surface area (Å²) in [7, 11) is 3.41. The Kier molecular flexibility index (Phi) is 5.83. The smallest absolute Gasteiger partial charge is 0.317 e. The van der Waals surface area contributed by atoms with E-state index in [0.29, 0.717) is 25.3 Å². The molecule has 1 aromatic carbocycles. The van der Waals surface area contributed by atoms with Crippen molar-refractivity contribution in [1.29, 1.82) is 0 Å². The fourth-order valence-electron chi connectivity index (χ4n) is 4.03. The Bertz CT molecular complexity index is 1000. The largest absolute Gasteiger partial charge is 0.507 e. The number of nitrogens with zero attached hydrogens (tertiary/aromatic N) is 2. The number of aromatic hydroxyl groups is 2. The number of hydrogen-bond donors (Lipinski definition) is 4. The summed E-state index contributed by atoms with van der Waals surface area (Å²) in [5.74, 6) is -1.96. The molecule has 2 unspecified atom stereocenters. The van der Waals surface area contributed by atoms with Gasteiger partial charge in [-0.3, -0.25) is 14.5 Å². The Morgan fingerprint density at radius 2 is 2.03 bits per heavy atom. The molecule has 9 nitrogen and oxygen atoms in total. The number of benzene rings is 1. The molecule has 0 aliphatic carbocycles. The van der Waals surface area contributed by atoms with Gasteiger partial charge < -0.3 is 29.7 Å². The van der Waals surface area contributed by atoms with Gasteiger partial charge in [-0.15, -0.1) is 0 Å². The number of phenolic OH excluding ortho intramolecular Hbond substituents is 2. The number of aliphatic hydroxyl groups excluding tert-OH is 1. The SMILES string of the molecule is Cc1cc(=O)c2c(O)c(CN(C)CC(=O)O)c(O)c(C3CCN(C)CC3O)c2o1. The lowest BCUT2D eigenvalue weighted by atomic mass is 9.84. The first kappa shape index (κ1) is 21.1. The van der Waals surface area contributed by atoms with Gasteiger partial charge in [-0.25, -0.2) is 0 Å². The summed E-state index contributed by atoms with van der Waals surface area (Å²) < 4.78 is 5.74. The van der Waals surface area contributed by atoms with Crippen LogP contribution < -0.4 is 5.43 Å². The molecular weight excluding hydrogens is 380 g/mol. The highest BCUT2D eigenvalue weighted by atomic mass is 16.4. The number of carbonyl (C=O) groups is 1. The van der Waals surface area contributed by atoms with Crippen molar-refractivity contribution < 1.29 is 29.6 Å². The molecule has 2 aromatic rings. The van der Waals surface area contributed by atoms with E-state index >= 15 is 0 Å². The molecule has 0 saturated carbocycles. The predicted octanol–water partition coefficient (Wildman–Crippen LogP) is 0.809. The number of β-amino-alcohol motifs (C(OH)–C–C–N with tert-alkyl or cyclic N) is 1. The lowest BCUT2D eigenvalue weighted by Gasteiger charge is -2.34. The molecular formula is C20H26N2O7. The number of aryl methyl sites for hydroxylation is 1. The molecule has 29 heavy (non-hydrogen) atoms. The molecule has 1 aliphatic heterocycles. The lowest BCUT2D eigenvalue weighted by molar-refractivity contribution is -0.138. The summed E-state index contributed by atoms with van der Waals surface area (Å²) >= 11 is 0. The van der Waals surface area contributed by atoms with Crippen LogP contribution in [0.2, 0.25) is 0 Å². The zero-order valence-corrected chi connectivity index (χ0v) is 16.7. The zero-order valence-electron chi connectivity index (χ0n) is 16.7. The Balaban J connectivity index is 2.25. The fraction of sp³-hybridized carbons (Fsp3) is 0.500. The highest BCUT2D eigenvalue weighted by molar-refractivity contribution is 5.90. The van der Waals surface area contributed by atoms with Gasteiger partial charge in [0.1, 0.15) is 28.2 Å². The Labute approximate surface area is 167 Å². The number of carboxylic acid groups (broad SMARTS) is 1. The van der Waals surface area contributed by atoms with Gasteiger partial charge in [0.25, 0.3) is 0 Å². The molecule has 4 N–H and O–H groups in total. The van der Waals surface area contributed by atoms with Gasteiger partial charge in [-0.2, -0.15) is 0 Å². The maximum atomic E-state index is 12.6. The number of piperidine rings is 1.